The number of rotatable bonds is 6. The molecule has 0 aliphatic rings. The third-order valence-electron chi connectivity index (χ3n) is 3.54. The number of benzene rings is 2. The van der Waals surface area contributed by atoms with Crippen molar-refractivity contribution >= 4 is 23.3 Å². The van der Waals surface area contributed by atoms with Crippen LogP contribution in [-0.4, -0.2) is 21.9 Å². The Labute approximate surface area is 138 Å². The van der Waals surface area contributed by atoms with Gasteiger partial charge in [0, 0.05) is 6.07 Å². The highest BCUT2D eigenvalue weighted by Gasteiger charge is 2.24. The predicted molar refractivity (Wildman–Crippen MR) is 88.2 cm³/mol. The molecule has 0 radical (unpaired) electrons. The lowest BCUT2D eigenvalue weighted by Crippen LogP contribution is -2.18. The summed E-state index contributed by atoms with van der Waals surface area (Å²) in [5.41, 5.74) is 0.558. The number of nitro groups is 1. The molecule has 0 aliphatic carbocycles. The van der Waals surface area contributed by atoms with E-state index in [1.54, 1.807) is 31.2 Å². The molecular formula is C17H16N2O5. The van der Waals surface area contributed by atoms with Gasteiger partial charge in [-0.25, -0.2) is 4.79 Å². The molecule has 0 aromatic heterocycles. The van der Waals surface area contributed by atoms with Crippen LogP contribution in [0.1, 0.15) is 28.4 Å². The number of carboxylic acid groups (broad SMARTS) is 1. The highest BCUT2D eigenvalue weighted by Crippen LogP contribution is 2.32. The first-order valence-electron chi connectivity index (χ1n) is 7.31. The second-order valence-corrected chi connectivity index (χ2v) is 5.11. The molecular weight excluding hydrogens is 312 g/mol. The lowest BCUT2D eigenvalue weighted by molar-refractivity contribution is -0.384. The molecule has 2 N–H and O–H groups in total. The van der Waals surface area contributed by atoms with E-state index >= 15 is 0 Å². The molecule has 24 heavy (non-hydrogen) atoms. The van der Waals surface area contributed by atoms with Crippen molar-refractivity contribution in [1.82, 2.24) is 0 Å². The van der Waals surface area contributed by atoms with Gasteiger partial charge in [0.05, 0.1) is 16.9 Å². The molecule has 7 nitrogen and oxygen atoms in total. The first-order chi connectivity index (χ1) is 11.4. The third kappa shape index (κ3) is 3.75. The number of carboxylic acids is 1. The number of nitrogens with zero attached hydrogens (tertiary/aromatic N) is 1. The predicted octanol–water partition coefficient (Wildman–Crippen LogP) is 3.04. The van der Waals surface area contributed by atoms with Gasteiger partial charge >= 0.3 is 5.97 Å². The quantitative estimate of drug-likeness (QED) is 0.625. The van der Waals surface area contributed by atoms with Gasteiger partial charge in [-0.3, -0.25) is 14.9 Å². The lowest BCUT2D eigenvalue weighted by Gasteiger charge is -2.13. The van der Waals surface area contributed by atoms with E-state index in [4.69, 9.17) is 0 Å². The van der Waals surface area contributed by atoms with Crippen molar-refractivity contribution in [1.29, 1.82) is 0 Å². The monoisotopic (exact) mass is 328 g/mol. The molecule has 0 spiro atoms. The number of carbonyl (C=O) groups is 2. The summed E-state index contributed by atoms with van der Waals surface area (Å²) >= 11 is 0. The first-order valence-corrected chi connectivity index (χ1v) is 7.31. The molecule has 0 heterocycles. The Morgan fingerprint density at radius 1 is 1.17 bits per heavy atom. The van der Waals surface area contributed by atoms with E-state index in [9.17, 15) is 24.8 Å². The first kappa shape index (κ1) is 17.1. The Kier molecular flexibility index (Phi) is 5.26. The molecule has 2 aromatic rings. The number of amides is 1. The second-order valence-electron chi connectivity index (χ2n) is 5.11. The average molecular weight is 328 g/mol. The topological polar surface area (TPSA) is 110 Å². The van der Waals surface area contributed by atoms with Crippen LogP contribution in [0.25, 0.3) is 0 Å². The molecule has 124 valence electrons. The molecule has 0 aliphatic heterocycles. The largest absolute Gasteiger partial charge is 0.478 e. The highest BCUT2D eigenvalue weighted by molar-refractivity contribution is 5.99. The van der Waals surface area contributed by atoms with Crippen molar-refractivity contribution in [3.8, 4) is 0 Å². The number of aromatic carboxylic acids is 1. The van der Waals surface area contributed by atoms with Gasteiger partial charge in [-0.1, -0.05) is 37.3 Å². The summed E-state index contributed by atoms with van der Waals surface area (Å²) in [6.07, 6.45) is 0.280. The van der Waals surface area contributed by atoms with E-state index in [2.05, 4.69) is 5.32 Å². The van der Waals surface area contributed by atoms with Crippen LogP contribution in [0.5, 0.6) is 0 Å². The van der Waals surface area contributed by atoms with Crippen molar-refractivity contribution in [3.05, 3.63) is 69.3 Å². The van der Waals surface area contributed by atoms with Gasteiger partial charge in [-0.05, 0) is 23.6 Å². The summed E-state index contributed by atoms with van der Waals surface area (Å²) in [5, 5.41) is 23.0. The van der Waals surface area contributed by atoms with Gasteiger partial charge in [0.15, 0.2) is 0 Å². The van der Waals surface area contributed by atoms with E-state index in [1.807, 2.05) is 6.07 Å². The van der Waals surface area contributed by atoms with Crippen LogP contribution in [0.3, 0.4) is 0 Å². The fourth-order valence-corrected chi connectivity index (χ4v) is 2.46. The maximum Gasteiger partial charge on any atom is 0.336 e. The minimum absolute atomic E-state index is 0.0401. The van der Waals surface area contributed by atoms with Crippen LogP contribution in [0.2, 0.25) is 0 Å². The zero-order valence-corrected chi connectivity index (χ0v) is 13.0. The zero-order chi connectivity index (χ0) is 17.7. The summed E-state index contributed by atoms with van der Waals surface area (Å²) in [7, 11) is 0. The number of nitrogens with one attached hydrogen (secondary N) is 1. The molecule has 1 amide bonds. The van der Waals surface area contributed by atoms with E-state index in [0.717, 1.165) is 11.6 Å². The van der Waals surface area contributed by atoms with Crippen molar-refractivity contribution in [2.24, 2.45) is 0 Å². The molecule has 0 fully saturated rings. The number of hydrogen-bond donors (Lipinski definition) is 2. The van der Waals surface area contributed by atoms with Crippen LogP contribution < -0.4 is 5.32 Å². The maximum atomic E-state index is 12.2. The summed E-state index contributed by atoms with van der Waals surface area (Å²) in [4.78, 5) is 34.1. The highest BCUT2D eigenvalue weighted by atomic mass is 16.6. The maximum absolute atomic E-state index is 12.2. The Morgan fingerprint density at radius 3 is 2.38 bits per heavy atom. The van der Waals surface area contributed by atoms with E-state index in [1.165, 1.54) is 6.07 Å². The number of anilines is 1. The van der Waals surface area contributed by atoms with Crippen LogP contribution in [0.15, 0.2) is 42.5 Å². The van der Waals surface area contributed by atoms with Crippen LogP contribution in [0, 0.1) is 10.1 Å². The smallest absolute Gasteiger partial charge is 0.336 e. The van der Waals surface area contributed by atoms with Crippen molar-refractivity contribution in [2.75, 3.05) is 5.32 Å². The van der Waals surface area contributed by atoms with E-state index in [-0.39, 0.29) is 35.3 Å². The standard InChI is InChI=1S/C17H16N2O5/c1-2-12-13(17(21)22)8-9-14(19(23)24)16(12)18-15(20)10-11-6-4-3-5-7-11/h3-9H,2,10H2,1H3,(H,18,20)(H,21,22). The Hall–Kier alpha value is -3.22. The van der Waals surface area contributed by atoms with Gasteiger partial charge in [-0.2, -0.15) is 0 Å². The molecule has 0 atom stereocenters. The minimum Gasteiger partial charge on any atom is -0.478 e. The third-order valence-corrected chi connectivity index (χ3v) is 3.54. The fourth-order valence-electron chi connectivity index (χ4n) is 2.46. The molecule has 2 aromatic carbocycles. The molecule has 2 rings (SSSR count). The van der Waals surface area contributed by atoms with Crippen molar-refractivity contribution in [2.45, 2.75) is 19.8 Å². The summed E-state index contributed by atoms with van der Waals surface area (Å²) in [6, 6.07) is 11.2. The van der Waals surface area contributed by atoms with E-state index < -0.39 is 16.8 Å². The van der Waals surface area contributed by atoms with Crippen LogP contribution >= 0.6 is 0 Å². The fraction of sp³-hybridized carbons (Fsp3) is 0.176. The average Bonchev–Trinajstić information content (AvgIpc) is 2.54. The van der Waals surface area contributed by atoms with Crippen molar-refractivity contribution in [3.63, 3.8) is 0 Å². The van der Waals surface area contributed by atoms with Crippen LogP contribution in [0.4, 0.5) is 11.4 Å². The normalized spacial score (nSPS) is 10.2. The summed E-state index contributed by atoms with van der Waals surface area (Å²) in [6.45, 7) is 1.68. The Morgan fingerprint density at radius 2 is 1.83 bits per heavy atom. The number of nitro benzene ring substituents is 1. The van der Waals surface area contributed by atoms with Crippen LogP contribution in [-0.2, 0) is 17.6 Å². The molecule has 0 bridgehead atoms. The van der Waals surface area contributed by atoms with Gasteiger partial charge < -0.3 is 10.4 Å². The Bertz CT molecular complexity index is 787. The minimum atomic E-state index is -1.19. The van der Waals surface area contributed by atoms with Gasteiger partial charge in [0.2, 0.25) is 5.91 Å². The molecule has 0 saturated heterocycles. The van der Waals surface area contributed by atoms with E-state index in [0.29, 0.717) is 0 Å². The lowest BCUT2D eigenvalue weighted by atomic mass is 10.0. The van der Waals surface area contributed by atoms with Gasteiger partial charge in [0.25, 0.3) is 5.69 Å². The zero-order valence-electron chi connectivity index (χ0n) is 13.0. The SMILES string of the molecule is CCc1c(C(=O)O)ccc([N+](=O)[O-])c1NC(=O)Cc1ccccc1. The number of carbonyl (C=O) groups excluding carboxylic acids is 1. The molecule has 7 heteroatoms. The second kappa shape index (κ2) is 7.36. The molecule has 0 saturated carbocycles. The van der Waals surface area contributed by atoms with Crippen molar-refractivity contribution < 1.29 is 19.6 Å². The van der Waals surface area contributed by atoms with Gasteiger partial charge in [-0.15, -0.1) is 0 Å². The van der Waals surface area contributed by atoms with Gasteiger partial charge in [0.1, 0.15) is 5.69 Å². The summed E-state index contributed by atoms with van der Waals surface area (Å²) < 4.78 is 0. The number of hydrogen-bond acceptors (Lipinski definition) is 4. The molecule has 0 unspecified atom stereocenters. The summed E-state index contributed by atoms with van der Waals surface area (Å²) in [5.74, 6) is -1.64. The Balaban J connectivity index is 2.39.